The van der Waals surface area contributed by atoms with Crippen LogP contribution >= 0.6 is 0 Å². The van der Waals surface area contributed by atoms with E-state index in [4.69, 9.17) is 0 Å². The summed E-state index contributed by atoms with van der Waals surface area (Å²) in [5.74, 6) is 0.540. The molecule has 0 bridgehead atoms. The lowest BCUT2D eigenvalue weighted by molar-refractivity contribution is 0.0131. The van der Waals surface area contributed by atoms with Crippen molar-refractivity contribution >= 4 is 10.9 Å². The fourth-order valence-corrected chi connectivity index (χ4v) is 4.47. The quantitative estimate of drug-likeness (QED) is 0.836. The number of aliphatic hydroxyl groups excluding tert-OH is 1. The van der Waals surface area contributed by atoms with Crippen molar-refractivity contribution in [3.05, 3.63) is 35.5 Å². The monoisotopic (exact) mass is 270 g/mol. The van der Waals surface area contributed by atoms with E-state index in [-0.39, 0.29) is 12.0 Å². The highest BCUT2D eigenvalue weighted by molar-refractivity contribution is 5.88. The molecular formula is C17H22N2O. The van der Waals surface area contributed by atoms with Gasteiger partial charge in [0, 0.05) is 47.6 Å². The van der Waals surface area contributed by atoms with Crippen LogP contribution < -0.4 is 0 Å². The summed E-state index contributed by atoms with van der Waals surface area (Å²) < 4.78 is 0. The van der Waals surface area contributed by atoms with Gasteiger partial charge >= 0.3 is 0 Å². The summed E-state index contributed by atoms with van der Waals surface area (Å²) in [4.78, 5) is 5.87. The van der Waals surface area contributed by atoms with Gasteiger partial charge in [-0.15, -0.1) is 0 Å². The predicted molar refractivity (Wildman–Crippen MR) is 81.0 cm³/mol. The summed E-state index contributed by atoms with van der Waals surface area (Å²) in [5.41, 5.74) is 4.21. The Kier molecular flexibility index (Phi) is 2.54. The third-order valence-electron chi connectivity index (χ3n) is 5.40. The number of piperidine rings is 1. The molecule has 3 nitrogen and oxygen atoms in total. The molecule has 3 atom stereocenters. The first-order valence-electron chi connectivity index (χ1n) is 7.51. The van der Waals surface area contributed by atoms with Gasteiger partial charge in [0.2, 0.25) is 0 Å². The number of nitrogens with one attached hydrogen (secondary N) is 1. The standard InChI is InChI=1S/C17H22N2O/c1-17(10-20)7-13-12-4-3-5-14-16(12)11(8-18-14)6-15(13)19(2)9-17/h3-5,8,13,15,18,20H,6-7,9-10H2,1-2H3/t13?,15-,17-/m1/s1. The highest BCUT2D eigenvalue weighted by Gasteiger charge is 2.43. The van der Waals surface area contributed by atoms with E-state index in [1.54, 1.807) is 0 Å². The summed E-state index contributed by atoms with van der Waals surface area (Å²) in [7, 11) is 2.21. The first-order valence-corrected chi connectivity index (χ1v) is 7.51. The van der Waals surface area contributed by atoms with Gasteiger partial charge in [0.05, 0.1) is 0 Å². The maximum atomic E-state index is 9.77. The molecule has 0 saturated carbocycles. The van der Waals surface area contributed by atoms with Crippen molar-refractivity contribution in [2.75, 3.05) is 20.2 Å². The molecule has 20 heavy (non-hydrogen) atoms. The van der Waals surface area contributed by atoms with Gasteiger partial charge < -0.3 is 15.0 Å². The van der Waals surface area contributed by atoms with Gasteiger partial charge in [0.1, 0.15) is 0 Å². The van der Waals surface area contributed by atoms with Crippen molar-refractivity contribution in [2.45, 2.75) is 31.7 Å². The largest absolute Gasteiger partial charge is 0.396 e. The van der Waals surface area contributed by atoms with Crippen molar-refractivity contribution in [1.82, 2.24) is 9.88 Å². The number of aromatic nitrogens is 1. The first-order chi connectivity index (χ1) is 9.61. The molecule has 2 heterocycles. The van der Waals surface area contributed by atoms with Crippen LogP contribution in [0.4, 0.5) is 0 Å². The Bertz CT molecular complexity index is 662. The molecule has 1 unspecified atom stereocenters. The van der Waals surface area contributed by atoms with Gasteiger partial charge in [-0.1, -0.05) is 19.1 Å². The van der Waals surface area contributed by atoms with E-state index in [2.05, 4.69) is 48.3 Å². The highest BCUT2D eigenvalue weighted by Crippen LogP contribution is 2.47. The molecule has 106 valence electrons. The zero-order valence-electron chi connectivity index (χ0n) is 12.2. The Morgan fingerprint density at radius 1 is 1.45 bits per heavy atom. The number of rotatable bonds is 1. The number of likely N-dealkylation sites (tertiary alicyclic amines) is 1. The zero-order chi connectivity index (χ0) is 13.9. The third-order valence-corrected chi connectivity index (χ3v) is 5.40. The number of likely N-dealkylation sites (N-methyl/N-ethyl adjacent to an activating group) is 1. The van der Waals surface area contributed by atoms with E-state index < -0.39 is 0 Å². The predicted octanol–water partition coefficient (Wildman–Crippen LogP) is 2.51. The maximum Gasteiger partial charge on any atom is 0.0497 e. The van der Waals surface area contributed by atoms with Crippen LogP contribution in [0.3, 0.4) is 0 Å². The molecule has 0 spiro atoms. The van der Waals surface area contributed by atoms with Crippen molar-refractivity contribution in [3.8, 4) is 0 Å². The molecule has 1 aromatic heterocycles. The van der Waals surface area contributed by atoms with Crippen LogP contribution in [0.2, 0.25) is 0 Å². The zero-order valence-corrected chi connectivity index (χ0v) is 12.2. The van der Waals surface area contributed by atoms with Gasteiger partial charge in [-0.3, -0.25) is 0 Å². The Morgan fingerprint density at radius 2 is 2.30 bits per heavy atom. The van der Waals surface area contributed by atoms with Crippen molar-refractivity contribution in [1.29, 1.82) is 0 Å². The Labute approximate surface area is 119 Å². The lowest BCUT2D eigenvalue weighted by atomic mass is 9.67. The fourth-order valence-electron chi connectivity index (χ4n) is 4.47. The van der Waals surface area contributed by atoms with Crippen LogP contribution in [0, 0.1) is 5.41 Å². The third kappa shape index (κ3) is 1.60. The molecule has 2 aromatic rings. The summed E-state index contributed by atoms with van der Waals surface area (Å²) >= 11 is 0. The lowest BCUT2D eigenvalue weighted by Crippen LogP contribution is -2.52. The minimum atomic E-state index is 0.0197. The topological polar surface area (TPSA) is 39.3 Å². The second kappa shape index (κ2) is 4.09. The van der Waals surface area contributed by atoms with E-state index in [1.807, 2.05) is 0 Å². The minimum Gasteiger partial charge on any atom is -0.396 e. The average Bonchev–Trinajstić information content (AvgIpc) is 2.85. The smallest absolute Gasteiger partial charge is 0.0497 e. The average molecular weight is 270 g/mol. The second-order valence-corrected chi connectivity index (χ2v) is 7.05. The number of hydrogen-bond donors (Lipinski definition) is 2. The van der Waals surface area contributed by atoms with E-state index in [1.165, 1.54) is 22.0 Å². The van der Waals surface area contributed by atoms with Crippen LogP contribution in [0.15, 0.2) is 24.4 Å². The van der Waals surface area contributed by atoms with Crippen LogP contribution in [0.1, 0.15) is 30.4 Å². The molecule has 1 saturated heterocycles. The number of benzene rings is 1. The van der Waals surface area contributed by atoms with Crippen molar-refractivity contribution in [2.24, 2.45) is 5.41 Å². The number of aliphatic hydroxyl groups is 1. The summed E-state index contributed by atoms with van der Waals surface area (Å²) in [6.07, 6.45) is 4.39. The van der Waals surface area contributed by atoms with Crippen LogP contribution in [-0.4, -0.2) is 41.2 Å². The van der Waals surface area contributed by atoms with Gasteiger partial charge in [0.15, 0.2) is 0 Å². The number of hydrogen-bond acceptors (Lipinski definition) is 2. The molecule has 0 radical (unpaired) electrons. The molecule has 2 aliphatic rings. The van der Waals surface area contributed by atoms with Gasteiger partial charge in [0.25, 0.3) is 0 Å². The minimum absolute atomic E-state index is 0.0197. The molecule has 4 rings (SSSR count). The number of H-pyrrole nitrogens is 1. The SMILES string of the molecule is CN1C[C@](C)(CO)CC2c3cccc4[nH]cc(c34)C[C@H]21. The Hall–Kier alpha value is -1.32. The maximum absolute atomic E-state index is 9.77. The molecule has 1 aliphatic heterocycles. The van der Waals surface area contributed by atoms with E-state index in [0.717, 1.165) is 19.4 Å². The number of nitrogens with zero attached hydrogens (tertiary/aromatic N) is 1. The summed E-state index contributed by atoms with van der Waals surface area (Å²) in [5, 5.41) is 11.2. The second-order valence-electron chi connectivity index (χ2n) is 7.05. The van der Waals surface area contributed by atoms with Crippen LogP contribution in [0.25, 0.3) is 10.9 Å². The molecule has 1 fully saturated rings. The number of fused-ring (bicyclic) bond motifs is 2. The molecule has 2 N–H and O–H groups in total. The molecule has 1 aliphatic carbocycles. The molecule has 0 amide bonds. The van der Waals surface area contributed by atoms with E-state index in [0.29, 0.717) is 12.0 Å². The molecule has 1 aromatic carbocycles. The molecular weight excluding hydrogens is 248 g/mol. The van der Waals surface area contributed by atoms with Crippen molar-refractivity contribution < 1.29 is 5.11 Å². The first kappa shape index (κ1) is 12.4. The van der Waals surface area contributed by atoms with E-state index in [9.17, 15) is 5.11 Å². The Morgan fingerprint density at radius 3 is 3.10 bits per heavy atom. The lowest BCUT2D eigenvalue weighted by Gasteiger charge is -2.49. The van der Waals surface area contributed by atoms with Gasteiger partial charge in [-0.2, -0.15) is 0 Å². The van der Waals surface area contributed by atoms with E-state index >= 15 is 0 Å². The molecule has 3 heteroatoms. The summed E-state index contributed by atoms with van der Waals surface area (Å²) in [6.45, 7) is 3.48. The number of aromatic amines is 1. The van der Waals surface area contributed by atoms with Crippen LogP contribution in [-0.2, 0) is 6.42 Å². The highest BCUT2D eigenvalue weighted by atomic mass is 16.3. The van der Waals surface area contributed by atoms with Crippen molar-refractivity contribution in [3.63, 3.8) is 0 Å². The normalized spacial score (nSPS) is 33.4. The van der Waals surface area contributed by atoms with Crippen LogP contribution in [0.5, 0.6) is 0 Å². The fraction of sp³-hybridized carbons (Fsp3) is 0.529. The van der Waals surface area contributed by atoms with Gasteiger partial charge in [-0.25, -0.2) is 0 Å². The van der Waals surface area contributed by atoms with Gasteiger partial charge in [-0.05, 0) is 37.1 Å². The Balaban J connectivity index is 1.87. The summed E-state index contributed by atoms with van der Waals surface area (Å²) in [6, 6.07) is 7.18.